The summed E-state index contributed by atoms with van der Waals surface area (Å²) in [5.41, 5.74) is 2.98. The van der Waals surface area contributed by atoms with Crippen molar-refractivity contribution in [3.05, 3.63) is 35.4 Å². The van der Waals surface area contributed by atoms with E-state index in [1.165, 1.54) is 49.7 Å². The molecule has 0 heterocycles. The molecular formula is C19H29N. The molecule has 4 unspecified atom stereocenters. The van der Waals surface area contributed by atoms with E-state index < -0.39 is 0 Å². The molecule has 110 valence electrons. The molecule has 20 heavy (non-hydrogen) atoms. The van der Waals surface area contributed by atoms with Crippen molar-refractivity contribution in [2.45, 2.75) is 58.4 Å². The Morgan fingerprint density at radius 2 is 2.05 bits per heavy atom. The lowest BCUT2D eigenvalue weighted by atomic mass is 9.82. The average Bonchev–Trinajstić information content (AvgIpc) is 3.06. The Kier molecular flexibility index (Phi) is 4.45. The van der Waals surface area contributed by atoms with Crippen LogP contribution in [0.2, 0.25) is 0 Å². The van der Waals surface area contributed by atoms with E-state index in [4.69, 9.17) is 0 Å². The Morgan fingerprint density at radius 3 is 2.70 bits per heavy atom. The summed E-state index contributed by atoms with van der Waals surface area (Å²) < 4.78 is 0. The largest absolute Gasteiger partial charge is 0.310 e. The molecule has 2 aliphatic rings. The molecule has 1 N–H and O–H groups in total. The summed E-state index contributed by atoms with van der Waals surface area (Å²) in [7, 11) is 0. The molecular weight excluding hydrogens is 242 g/mol. The maximum Gasteiger partial charge on any atom is 0.0325 e. The Bertz CT molecular complexity index is 439. The Morgan fingerprint density at radius 1 is 1.20 bits per heavy atom. The van der Waals surface area contributed by atoms with Gasteiger partial charge in [-0.2, -0.15) is 0 Å². The first-order valence-electron chi connectivity index (χ1n) is 8.56. The lowest BCUT2D eigenvalue weighted by molar-refractivity contribution is 0.279. The molecule has 2 fully saturated rings. The summed E-state index contributed by atoms with van der Waals surface area (Å²) in [6.07, 6.45) is 8.62. The van der Waals surface area contributed by atoms with Gasteiger partial charge in [-0.15, -0.1) is 0 Å². The summed E-state index contributed by atoms with van der Waals surface area (Å²) in [4.78, 5) is 0. The van der Waals surface area contributed by atoms with Crippen molar-refractivity contribution in [2.24, 2.45) is 17.8 Å². The molecule has 2 saturated carbocycles. The number of hydrogen-bond donors (Lipinski definition) is 1. The van der Waals surface area contributed by atoms with Crippen LogP contribution >= 0.6 is 0 Å². The van der Waals surface area contributed by atoms with Crippen molar-refractivity contribution < 1.29 is 0 Å². The number of nitrogens with one attached hydrogen (secondary N) is 1. The third-order valence-electron chi connectivity index (χ3n) is 5.63. The summed E-state index contributed by atoms with van der Waals surface area (Å²) in [6.45, 7) is 5.66. The minimum atomic E-state index is 0.570. The average molecular weight is 271 g/mol. The Balaban J connectivity index is 1.71. The van der Waals surface area contributed by atoms with Gasteiger partial charge in [-0.3, -0.25) is 0 Å². The molecule has 2 aliphatic carbocycles. The molecule has 0 amide bonds. The third kappa shape index (κ3) is 2.93. The van der Waals surface area contributed by atoms with Gasteiger partial charge in [0.15, 0.2) is 0 Å². The lowest BCUT2D eigenvalue weighted by Gasteiger charge is -2.28. The summed E-state index contributed by atoms with van der Waals surface area (Å²) in [5.74, 6) is 3.08. The molecule has 0 radical (unpaired) electrons. The summed E-state index contributed by atoms with van der Waals surface area (Å²) in [5, 5.41) is 3.81. The van der Waals surface area contributed by atoms with Crippen LogP contribution in [0.1, 0.15) is 62.6 Å². The smallest absolute Gasteiger partial charge is 0.0325 e. The topological polar surface area (TPSA) is 12.0 Å². The van der Waals surface area contributed by atoms with E-state index in [1.807, 2.05) is 0 Å². The van der Waals surface area contributed by atoms with Crippen molar-refractivity contribution in [2.75, 3.05) is 6.54 Å². The number of aryl methyl sites for hydroxylation is 1. The van der Waals surface area contributed by atoms with E-state index in [0.717, 1.165) is 24.3 Å². The van der Waals surface area contributed by atoms with Gasteiger partial charge < -0.3 is 5.32 Å². The Hall–Kier alpha value is -0.820. The van der Waals surface area contributed by atoms with Crippen LogP contribution in [0.15, 0.2) is 24.3 Å². The molecule has 0 aromatic heterocycles. The van der Waals surface area contributed by atoms with Crippen LogP contribution in [0.4, 0.5) is 0 Å². The fourth-order valence-corrected chi connectivity index (χ4v) is 4.58. The van der Waals surface area contributed by atoms with E-state index >= 15 is 0 Å². The molecule has 1 aromatic carbocycles. The molecule has 2 bridgehead atoms. The van der Waals surface area contributed by atoms with Crippen LogP contribution in [0, 0.1) is 24.7 Å². The van der Waals surface area contributed by atoms with Crippen LogP contribution < -0.4 is 5.32 Å². The first-order valence-corrected chi connectivity index (χ1v) is 8.56. The third-order valence-corrected chi connectivity index (χ3v) is 5.63. The highest BCUT2D eigenvalue weighted by atomic mass is 14.9. The maximum absolute atomic E-state index is 3.81. The second-order valence-electron chi connectivity index (χ2n) is 7.03. The monoisotopic (exact) mass is 271 g/mol. The van der Waals surface area contributed by atoms with E-state index in [1.54, 1.807) is 0 Å². The zero-order valence-electron chi connectivity index (χ0n) is 13.1. The van der Waals surface area contributed by atoms with E-state index in [-0.39, 0.29) is 0 Å². The number of fused-ring (bicyclic) bond motifs is 2. The second-order valence-corrected chi connectivity index (χ2v) is 7.03. The predicted octanol–water partition coefficient (Wildman–Crippen LogP) is 4.86. The minimum Gasteiger partial charge on any atom is -0.310 e. The maximum atomic E-state index is 3.81. The van der Waals surface area contributed by atoms with Gasteiger partial charge in [-0.1, -0.05) is 37.6 Å². The highest BCUT2D eigenvalue weighted by Gasteiger charge is 2.40. The van der Waals surface area contributed by atoms with Crippen LogP contribution in [0.3, 0.4) is 0 Å². The molecule has 1 heteroatoms. The number of rotatable bonds is 6. The number of hydrogen-bond acceptors (Lipinski definition) is 1. The standard InChI is InChI=1S/C19H29N/c1-3-10-20-19(18-7-5-4-6-14(18)2)13-17-12-15-8-9-16(17)11-15/h4-7,15-17,19-20H,3,8-13H2,1-2H3. The van der Waals surface area contributed by atoms with Crippen LogP contribution in [0.5, 0.6) is 0 Å². The fraction of sp³-hybridized carbons (Fsp3) is 0.684. The molecule has 0 saturated heterocycles. The quantitative estimate of drug-likeness (QED) is 0.779. The van der Waals surface area contributed by atoms with E-state index in [9.17, 15) is 0 Å². The van der Waals surface area contributed by atoms with Crippen LogP contribution in [0.25, 0.3) is 0 Å². The molecule has 3 rings (SSSR count). The molecule has 1 aromatic rings. The van der Waals surface area contributed by atoms with Crippen LogP contribution in [-0.4, -0.2) is 6.54 Å². The Labute approximate surface area is 124 Å². The highest BCUT2D eigenvalue weighted by Crippen LogP contribution is 2.51. The van der Waals surface area contributed by atoms with Gasteiger partial charge >= 0.3 is 0 Å². The van der Waals surface area contributed by atoms with Crippen molar-refractivity contribution in [1.82, 2.24) is 5.32 Å². The van der Waals surface area contributed by atoms with Gasteiger partial charge in [0.05, 0.1) is 0 Å². The van der Waals surface area contributed by atoms with Gasteiger partial charge in [-0.25, -0.2) is 0 Å². The fourth-order valence-electron chi connectivity index (χ4n) is 4.58. The van der Waals surface area contributed by atoms with Gasteiger partial charge in [0, 0.05) is 6.04 Å². The highest BCUT2D eigenvalue weighted by molar-refractivity contribution is 5.29. The summed E-state index contributed by atoms with van der Waals surface area (Å²) in [6, 6.07) is 9.52. The SMILES string of the molecule is CCCNC(CC1CC2CCC1C2)c1ccccc1C. The zero-order chi connectivity index (χ0) is 13.9. The first kappa shape index (κ1) is 14.1. The van der Waals surface area contributed by atoms with Gasteiger partial charge in [0.1, 0.15) is 0 Å². The minimum absolute atomic E-state index is 0.570. The number of benzene rings is 1. The van der Waals surface area contributed by atoms with E-state index in [2.05, 4.69) is 43.4 Å². The normalized spacial score (nSPS) is 29.8. The van der Waals surface area contributed by atoms with E-state index in [0.29, 0.717) is 6.04 Å². The van der Waals surface area contributed by atoms with Crippen molar-refractivity contribution in [3.8, 4) is 0 Å². The molecule has 0 spiro atoms. The second kappa shape index (κ2) is 6.30. The van der Waals surface area contributed by atoms with Crippen LogP contribution in [-0.2, 0) is 0 Å². The molecule has 0 aliphatic heterocycles. The van der Waals surface area contributed by atoms with Crippen molar-refractivity contribution in [1.29, 1.82) is 0 Å². The molecule has 4 atom stereocenters. The van der Waals surface area contributed by atoms with Gasteiger partial charge in [0.25, 0.3) is 0 Å². The zero-order valence-corrected chi connectivity index (χ0v) is 13.1. The van der Waals surface area contributed by atoms with Gasteiger partial charge in [0.2, 0.25) is 0 Å². The lowest BCUT2D eigenvalue weighted by Crippen LogP contribution is -2.26. The summed E-state index contributed by atoms with van der Waals surface area (Å²) >= 11 is 0. The molecule has 1 nitrogen and oxygen atoms in total. The van der Waals surface area contributed by atoms with Gasteiger partial charge in [-0.05, 0) is 74.5 Å². The predicted molar refractivity (Wildman–Crippen MR) is 85.8 cm³/mol. The van der Waals surface area contributed by atoms with Crippen molar-refractivity contribution in [3.63, 3.8) is 0 Å². The van der Waals surface area contributed by atoms with Crippen molar-refractivity contribution >= 4 is 0 Å². The first-order chi connectivity index (χ1) is 9.78.